The number of carbonyl (C=O) groups is 2. The molecular formula is C8H10Cl2O4. The molecule has 2 N–H and O–H groups in total. The SMILES string of the molecule is O=C(O)/C(CCCl)=C(/CCCl)C(=O)O. The van der Waals surface area contributed by atoms with Gasteiger partial charge in [0.1, 0.15) is 0 Å². The number of aliphatic carboxylic acids is 2. The third-order valence-electron chi connectivity index (χ3n) is 1.57. The smallest absolute Gasteiger partial charge is 0.332 e. The lowest BCUT2D eigenvalue weighted by Crippen LogP contribution is -2.12. The van der Waals surface area contributed by atoms with E-state index in [0.29, 0.717) is 0 Å². The zero-order chi connectivity index (χ0) is 11.1. The van der Waals surface area contributed by atoms with Gasteiger partial charge in [-0.25, -0.2) is 9.59 Å². The number of rotatable bonds is 6. The minimum atomic E-state index is -1.26. The van der Waals surface area contributed by atoms with Gasteiger partial charge < -0.3 is 10.2 Å². The number of halogens is 2. The molecule has 0 atom stereocenters. The van der Waals surface area contributed by atoms with Gasteiger partial charge >= 0.3 is 11.9 Å². The van der Waals surface area contributed by atoms with Gasteiger partial charge in [0.15, 0.2) is 0 Å². The third-order valence-corrected chi connectivity index (χ3v) is 1.95. The van der Waals surface area contributed by atoms with Crippen LogP contribution in [0.5, 0.6) is 0 Å². The fraction of sp³-hybridized carbons (Fsp3) is 0.500. The molecule has 0 aliphatic carbocycles. The van der Waals surface area contributed by atoms with Crippen molar-refractivity contribution < 1.29 is 19.8 Å². The predicted octanol–water partition coefficient (Wildman–Crippen LogP) is 1.71. The second-order valence-corrected chi connectivity index (χ2v) is 3.20. The fourth-order valence-electron chi connectivity index (χ4n) is 0.963. The Morgan fingerprint density at radius 3 is 1.29 bits per heavy atom. The minimum absolute atomic E-state index is 0.0232. The molecule has 0 heterocycles. The Morgan fingerprint density at radius 2 is 1.14 bits per heavy atom. The van der Waals surface area contributed by atoms with E-state index in [4.69, 9.17) is 33.4 Å². The van der Waals surface area contributed by atoms with Gasteiger partial charge in [0.05, 0.1) is 0 Å². The van der Waals surface area contributed by atoms with E-state index in [1.165, 1.54) is 0 Å². The summed E-state index contributed by atoms with van der Waals surface area (Å²) in [7, 11) is 0. The molecule has 80 valence electrons. The van der Waals surface area contributed by atoms with Crippen molar-refractivity contribution in [2.24, 2.45) is 0 Å². The van der Waals surface area contributed by atoms with E-state index in [1.807, 2.05) is 0 Å². The molecule has 0 aromatic rings. The highest BCUT2D eigenvalue weighted by atomic mass is 35.5. The molecule has 0 aromatic carbocycles. The largest absolute Gasteiger partial charge is 0.478 e. The number of hydrogen-bond donors (Lipinski definition) is 2. The fourth-order valence-corrected chi connectivity index (χ4v) is 1.34. The first-order chi connectivity index (χ1) is 6.54. The Bertz CT molecular complexity index is 234. The van der Waals surface area contributed by atoms with E-state index in [0.717, 1.165) is 0 Å². The second-order valence-electron chi connectivity index (χ2n) is 2.45. The highest BCUT2D eigenvalue weighted by molar-refractivity contribution is 6.19. The lowest BCUT2D eigenvalue weighted by molar-refractivity contribution is -0.136. The first kappa shape index (κ1) is 13.3. The molecule has 0 aliphatic heterocycles. The monoisotopic (exact) mass is 240 g/mol. The zero-order valence-corrected chi connectivity index (χ0v) is 8.81. The lowest BCUT2D eigenvalue weighted by Gasteiger charge is -2.05. The molecule has 4 nitrogen and oxygen atoms in total. The summed E-state index contributed by atoms with van der Waals surface area (Å²) in [6.07, 6.45) is 0.0465. The van der Waals surface area contributed by atoms with Gasteiger partial charge in [0, 0.05) is 22.9 Å². The molecular weight excluding hydrogens is 231 g/mol. The van der Waals surface area contributed by atoms with Gasteiger partial charge in [-0.15, -0.1) is 23.2 Å². The molecule has 0 amide bonds. The second kappa shape index (κ2) is 6.68. The Kier molecular flexibility index (Phi) is 6.32. The molecule has 0 aromatic heterocycles. The van der Waals surface area contributed by atoms with Crippen LogP contribution in [-0.4, -0.2) is 33.9 Å². The van der Waals surface area contributed by atoms with E-state index in [1.54, 1.807) is 0 Å². The molecule has 0 saturated carbocycles. The van der Waals surface area contributed by atoms with Gasteiger partial charge in [-0.3, -0.25) is 0 Å². The van der Waals surface area contributed by atoms with Crippen molar-refractivity contribution >= 4 is 35.1 Å². The normalized spacial score (nSPS) is 12.1. The number of carboxylic acid groups (broad SMARTS) is 2. The topological polar surface area (TPSA) is 74.6 Å². The standard InChI is InChI=1S/C8H10Cl2O4/c9-3-1-5(7(11)12)6(2-4-10)8(13)14/h1-4H2,(H,11,12)(H,13,14)/b6-5-. The molecule has 0 unspecified atom stereocenters. The first-order valence-corrected chi connectivity index (χ1v) is 4.92. The van der Waals surface area contributed by atoms with Crippen LogP contribution in [0.4, 0.5) is 0 Å². The van der Waals surface area contributed by atoms with Crippen LogP contribution in [-0.2, 0) is 9.59 Å². The zero-order valence-electron chi connectivity index (χ0n) is 7.30. The first-order valence-electron chi connectivity index (χ1n) is 3.85. The quantitative estimate of drug-likeness (QED) is 0.548. The lowest BCUT2D eigenvalue weighted by atomic mass is 10.0. The van der Waals surface area contributed by atoms with E-state index >= 15 is 0 Å². The Balaban J connectivity index is 5.03. The highest BCUT2D eigenvalue weighted by Crippen LogP contribution is 2.15. The van der Waals surface area contributed by atoms with Crippen LogP contribution in [0.3, 0.4) is 0 Å². The van der Waals surface area contributed by atoms with Crippen LogP contribution in [0, 0.1) is 0 Å². The summed E-state index contributed by atoms with van der Waals surface area (Å²) in [5.41, 5.74) is -0.346. The van der Waals surface area contributed by atoms with Gasteiger partial charge in [-0.2, -0.15) is 0 Å². The molecule has 14 heavy (non-hydrogen) atoms. The minimum Gasteiger partial charge on any atom is -0.478 e. The van der Waals surface area contributed by atoms with E-state index in [9.17, 15) is 9.59 Å². The molecule has 0 fully saturated rings. The summed E-state index contributed by atoms with van der Waals surface area (Å²) in [6.45, 7) is 0. The van der Waals surface area contributed by atoms with Crippen LogP contribution in [0.2, 0.25) is 0 Å². The summed E-state index contributed by atoms with van der Waals surface area (Å²) in [5, 5.41) is 17.5. The van der Waals surface area contributed by atoms with Gasteiger partial charge in [0.2, 0.25) is 0 Å². The van der Waals surface area contributed by atoms with Crippen molar-refractivity contribution in [1.29, 1.82) is 0 Å². The van der Waals surface area contributed by atoms with E-state index in [2.05, 4.69) is 0 Å². The van der Waals surface area contributed by atoms with E-state index < -0.39 is 11.9 Å². The molecule has 0 bridgehead atoms. The summed E-state index contributed by atoms with van der Waals surface area (Å²) in [5.74, 6) is -2.37. The van der Waals surface area contributed by atoms with Crippen molar-refractivity contribution in [2.75, 3.05) is 11.8 Å². The Hall–Kier alpha value is -0.740. The van der Waals surface area contributed by atoms with Crippen LogP contribution in [0.15, 0.2) is 11.1 Å². The summed E-state index contributed by atoms with van der Waals surface area (Å²) in [4.78, 5) is 21.4. The Morgan fingerprint density at radius 1 is 0.857 bits per heavy atom. The maximum Gasteiger partial charge on any atom is 0.332 e. The maximum atomic E-state index is 10.7. The summed E-state index contributed by atoms with van der Waals surface area (Å²) >= 11 is 10.7. The average Bonchev–Trinajstić information content (AvgIpc) is 2.10. The summed E-state index contributed by atoms with van der Waals surface area (Å²) in [6, 6.07) is 0. The van der Waals surface area contributed by atoms with Crippen molar-refractivity contribution in [3.63, 3.8) is 0 Å². The van der Waals surface area contributed by atoms with Crippen molar-refractivity contribution in [3.05, 3.63) is 11.1 Å². The molecule has 0 saturated heterocycles. The van der Waals surface area contributed by atoms with E-state index in [-0.39, 0.29) is 35.7 Å². The predicted molar refractivity (Wildman–Crippen MR) is 53.0 cm³/mol. The summed E-state index contributed by atoms with van der Waals surface area (Å²) < 4.78 is 0. The third kappa shape index (κ3) is 3.98. The van der Waals surface area contributed by atoms with Crippen LogP contribution >= 0.6 is 23.2 Å². The van der Waals surface area contributed by atoms with Crippen LogP contribution in [0.1, 0.15) is 12.8 Å². The van der Waals surface area contributed by atoms with Crippen molar-refractivity contribution in [1.82, 2.24) is 0 Å². The average molecular weight is 241 g/mol. The number of hydrogen-bond acceptors (Lipinski definition) is 2. The number of alkyl halides is 2. The van der Waals surface area contributed by atoms with Crippen molar-refractivity contribution in [2.45, 2.75) is 12.8 Å². The molecule has 0 spiro atoms. The Labute approximate surface area is 91.1 Å². The van der Waals surface area contributed by atoms with Crippen LogP contribution in [0.25, 0.3) is 0 Å². The van der Waals surface area contributed by atoms with Crippen molar-refractivity contribution in [3.8, 4) is 0 Å². The van der Waals surface area contributed by atoms with Crippen LogP contribution < -0.4 is 0 Å². The van der Waals surface area contributed by atoms with Gasteiger partial charge in [-0.05, 0) is 12.8 Å². The highest BCUT2D eigenvalue weighted by Gasteiger charge is 2.18. The van der Waals surface area contributed by atoms with Gasteiger partial charge in [0.25, 0.3) is 0 Å². The molecule has 6 heteroatoms. The molecule has 0 aliphatic rings. The van der Waals surface area contributed by atoms with Gasteiger partial charge in [-0.1, -0.05) is 0 Å². The molecule has 0 rings (SSSR count). The maximum absolute atomic E-state index is 10.7. The number of carboxylic acids is 2. The molecule has 0 radical (unpaired) electrons.